The Morgan fingerprint density at radius 1 is 1.55 bits per heavy atom. The Labute approximate surface area is 137 Å². The molecule has 1 aliphatic rings. The van der Waals surface area contributed by atoms with Gasteiger partial charge in [-0.2, -0.15) is 0 Å². The Hall–Kier alpha value is -0.985. The molecule has 0 aromatic carbocycles. The largest absolute Gasteiger partial charge is 0.481 e. The molecule has 1 N–H and O–H groups in total. The third kappa shape index (κ3) is 6.02. The number of carboxylic acids is 1. The van der Waals surface area contributed by atoms with Gasteiger partial charge in [-0.1, -0.05) is 56.3 Å². The first-order valence-corrected chi connectivity index (χ1v) is 8.56. The van der Waals surface area contributed by atoms with Crippen molar-refractivity contribution in [3.63, 3.8) is 0 Å². The lowest BCUT2D eigenvalue weighted by atomic mass is 9.58. The number of rotatable bonds is 8. The summed E-state index contributed by atoms with van der Waals surface area (Å²) in [7, 11) is 6.26. The molecule has 3 heteroatoms. The number of hydrogen-bond acceptors (Lipinski definition) is 1. The normalized spacial score (nSPS) is 23.0. The zero-order chi connectivity index (χ0) is 16.8. The summed E-state index contributed by atoms with van der Waals surface area (Å²) in [5, 5.41) is 8.76. The van der Waals surface area contributed by atoms with Crippen LogP contribution in [0.2, 0.25) is 5.82 Å². The predicted octanol–water partition coefficient (Wildman–Crippen LogP) is 5.31. The molecule has 1 rings (SSSR count). The summed E-state index contributed by atoms with van der Waals surface area (Å²) in [6.45, 7) is 8.71. The van der Waals surface area contributed by atoms with Crippen molar-refractivity contribution in [2.24, 2.45) is 11.3 Å². The first kappa shape index (κ1) is 19.1. The number of allylic oxidation sites excluding steroid dienone is 4. The summed E-state index contributed by atoms with van der Waals surface area (Å²) in [6, 6.07) is 0. The highest BCUT2D eigenvalue weighted by Gasteiger charge is 2.31. The van der Waals surface area contributed by atoms with Gasteiger partial charge in [0.1, 0.15) is 0 Å². The van der Waals surface area contributed by atoms with Gasteiger partial charge in [0, 0.05) is 6.42 Å². The first-order chi connectivity index (χ1) is 10.2. The van der Waals surface area contributed by atoms with Crippen LogP contribution in [0, 0.1) is 11.3 Å². The average Bonchev–Trinajstić information content (AvgIpc) is 2.39. The predicted molar refractivity (Wildman–Crippen MR) is 94.2 cm³/mol. The lowest BCUT2D eigenvalue weighted by Gasteiger charge is -2.38. The molecule has 0 amide bonds. The number of aliphatic carboxylic acids is 1. The monoisotopic (exact) mass is 302 g/mol. The highest BCUT2D eigenvalue weighted by Crippen LogP contribution is 2.45. The second kappa shape index (κ2) is 8.60. The Kier molecular flexibility index (Phi) is 7.45. The van der Waals surface area contributed by atoms with Crippen LogP contribution in [0.1, 0.15) is 72.6 Å². The molecule has 0 aromatic rings. The van der Waals surface area contributed by atoms with E-state index in [-0.39, 0.29) is 23.6 Å². The van der Waals surface area contributed by atoms with E-state index in [4.69, 9.17) is 13.0 Å². The van der Waals surface area contributed by atoms with Gasteiger partial charge in [0.25, 0.3) is 0 Å². The van der Waals surface area contributed by atoms with Gasteiger partial charge in [0.15, 0.2) is 0 Å². The van der Waals surface area contributed by atoms with Crippen LogP contribution in [0.3, 0.4) is 0 Å². The van der Waals surface area contributed by atoms with Crippen LogP contribution in [0.25, 0.3) is 0 Å². The maximum absolute atomic E-state index is 10.6. The van der Waals surface area contributed by atoms with Gasteiger partial charge in [0.2, 0.25) is 0 Å². The van der Waals surface area contributed by atoms with Gasteiger partial charge in [-0.25, -0.2) is 0 Å². The molecular formula is C19H31BO2. The lowest BCUT2D eigenvalue weighted by Crippen LogP contribution is -2.25. The number of carbonyl (C=O) groups is 1. The third-order valence-corrected chi connectivity index (χ3v) is 5.09. The smallest absolute Gasteiger partial charge is 0.303 e. The topological polar surface area (TPSA) is 37.3 Å². The van der Waals surface area contributed by atoms with Crippen molar-refractivity contribution in [3.05, 3.63) is 23.3 Å². The van der Waals surface area contributed by atoms with Crippen LogP contribution in [0.5, 0.6) is 0 Å². The van der Waals surface area contributed by atoms with Gasteiger partial charge < -0.3 is 5.11 Å². The van der Waals surface area contributed by atoms with E-state index in [1.807, 2.05) is 6.92 Å². The molecular weight excluding hydrogens is 271 g/mol. The van der Waals surface area contributed by atoms with Crippen molar-refractivity contribution in [1.82, 2.24) is 0 Å². The molecule has 0 aliphatic heterocycles. The molecule has 0 spiro atoms. The van der Waals surface area contributed by atoms with Crippen molar-refractivity contribution in [2.45, 2.75) is 78.5 Å². The lowest BCUT2D eigenvalue weighted by molar-refractivity contribution is -0.138. The van der Waals surface area contributed by atoms with Crippen molar-refractivity contribution < 1.29 is 9.90 Å². The van der Waals surface area contributed by atoms with Crippen LogP contribution < -0.4 is 0 Å². The minimum atomic E-state index is -0.698. The summed E-state index contributed by atoms with van der Waals surface area (Å²) in [5.74, 6) is -0.177. The minimum absolute atomic E-state index is 0.120. The van der Waals surface area contributed by atoms with E-state index < -0.39 is 5.97 Å². The van der Waals surface area contributed by atoms with Gasteiger partial charge >= 0.3 is 5.97 Å². The van der Waals surface area contributed by atoms with E-state index in [0.717, 1.165) is 38.5 Å². The molecule has 0 heterocycles. The Morgan fingerprint density at radius 2 is 2.23 bits per heavy atom. The van der Waals surface area contributed by atoms with Crippen molar-refractivity contribution in [1.29, 1.82) is 0 Å². The van der Waals surface area contributed by atoms with E-state index in [2.05, 4.69) is 32.9 Å². The summed E-state index contributed by atoms with van der Waals surface area (Å²) >= 11 is 0. The second-order valence-corrected chi connectivity index (χ2v) is 7.47. The fraction of sp³-hybridized carbons (Fsp3) is 0.737. The fourth-order valence-corrected chi connectivity index (χ4v) is 3.17. The van der Waals surface area contributed by atoms with E-state index in [1.54, 1.807) is 0 Å². The molecule has 1 unspecified atom stereocenters. The van der Waals surface area contributed by atoms with Crippen LogP contribution >= 0.6 is 0 Å². The maximum atomic E-state index is 10.6. The van der Waals surface area contributed by atoms with E-state index in [0.29, 0.717) is 0 Å². The molecule has 1 aliphatic carbocycles. The summed E-state index contributed by atoms with van der Waals surface area (Å²) in [5.41, 5.74) is 3.02. The summed E-state index contributed by atoms with van der Waals surface area (Å²) in [4.78, 5) is 10.6. The zero-order valence-corrected chi connectivity index (χ0v) is 14.7. The standard InChI is InChI=1S/C19H31BO2/c1-14(7-5-8-15(2)13-18(21)22)11-12-16-9-6-10-17(20)19(16,3)4/h7,9,15,17H,5-6,8,10-13H2,1-4H3,(H,21,22)/b14-7+/t15?,17-/m0/s1. The Bertz CT molecular complexity index is 435. The Balaban J connectivity index is 2.39. The van der Waals surface area contributed by atoms with E-state index in [9.17, 15) is 4.79 Å². The van der Waals surface area contributed by atoms with Gasteiger partial charge in [-0.3, -0.25) is 4.79 Å². The first-order valence-electron chi connectivity index (χ1n) is 8.56. The molecule has 122 valence electrons. The van der Waals surface area contributed by atoms with Crippen LogP contribution in [-0.4, -0.2) is 18.9 Å². The molecule has 0 fully saturated rings. The average molecular weight is 302 g/mol. The van der Waals surface area contributed by atoms with Crippen LogP contribution in [-0.2, 0) is 4.79 Å². The highest BCUT2D eigenvalue weighted by atomic mass is 16.4. The fourth-order valence-electron chi connectivity index (χ4n) is 3.17. The van der Waals surface area contributed by atoms with Crippen LogP contribution in [0.15, 0.2) is 23.3 Å². The highest BCUT2D eigenvalue weighted by molar-refractivity contribution is 6.12. The van der Waals surface area contributed by atoms with Crippen LogP contribution in [0.4, 0.5) is 0 Å². The molecule has 0 aromatic heterocycles. The quantitative estimate of drug-likeness (QED) is 0.487. The summed E-state index contributed by atoms with van der Waals surface area (Å²) < 4.78 is 0. The SMILES string of the molecule is [B][C@H]1CCC=C(CC/C(C)=C/CCC(C)CC(=O)O)C1(C)C. The molecule has 22 heavy (non-hydrogen) atoms. The molecule has 2 atom stereocenters. The van der Waals surface area contributed by atoms with Gasteiger partial charge in [-0.05, 0) is 50.4 Å². The van der Waals surface area contributed by atoms with Crippen molar-refractivity contribution in [3.8, 4) is 0 Å². The van der Waals surface area contributed by atoms with Gasteiger partial charge in [0.05, 0.1) is 7.85 Å². The molecule has 2 nitrogen and oxygen atoms in total. The van der Waals surface area contributed by atoms with E-state index >= 15 is 0 Å². The second-order valence-electron chi connectivity index (χ2n) is 7.47. The Morgan fingerprint density at radius 3 is 2.86 bits per heavy atom. The minimum Gasteiger partial charge on any atom is -0.481 e. The number of carboxylic acid groups (broad SMARTS) is 1. The van der Waals surface area contributed by atoms with Gasteiger partial charge in [-0.15, -0.1) is 0 Å². The summed E-state index contributed by atoms with van der Waals surface area (Å²) in [6.07, 6.45) is 11.2. The molecule has 0 saturated heterocycles. The van der Waals surface area contributed by atoms with Crippen molar-refractivity contribution >= 4 is 13.8 Å². The van der Waals surface area contributed by atoms with Crippen molar-refractivity contribution in [2.75, 3.05) is 0 Å². The zero-order valence-electron chi connectivity index (χ0n) is 14.7. The van der Waals surface area contributed by atoms with E-state index in [1.165, 1.54) is 11.1 Å². The number of hydrogen-bond donors (Lipinski definition) is 1. The molecule has 0 saturated carbocycles. The molecule has 2 radical (unpaired) electrons. The molecule has 0 bridgehead atoms. The third-order valence-electron chi connectivity index (χ3n) is 5.09. The maximum Gasteiger partial charge on any atom is 0.303 e.